The molecule has 0 atom stereocenters. The smallest absolute Gasteiger partial charge is 0.141 e. The molecule has 0 aromatic heterocycles. The van der Waals surface area contributed by atoms with E-state index in [-0.39, 0.29) is 5.56 Å². The van der Waals surface area contributed by atoms with Gasteiger partial charge in [0.25, 0.3) is 0 Å². The van der Waals surface area contributed by atoms with Crippen LogP contribution in [0.4, 0.5) is 14.5 Å². The Balaban J connectivity index is 2.46. The van der Waals surface area contributed by atoms with E-state index < -0.39 is 11.6 Å². The molecule has 2 aromatic rings. The van der Waals surface area contributed by atoms with Gasteiger partial charge in [0.05, 0.1) is 11.3 Å². The van der Waals surface area contributed by atoms with E-state index in [9.17, 15) is 8.78 Å². The molecule has 0 N–H and O–H groups in total. The lowest BCUT2D eigenvalue weighted by atomic mass is 10.1. The van der Waals surface area contributed by atoms with Gasteiger partial charge in [0.1, 0.15) is 11.6 Å². The fourth-order valence-corrected chi connectivity index (χ4v) is 1.72. The maximum Gasteiger partial charge on any atom is 0.141 e. The van der Waals surface area contributed by atoms with E-state index in [4.69, 9.17) is 0 Å². The summed E-state index contributed by atoms with van der Waals surface area (Å²) in [7, 11) is 3.79. The normalized spacial score (nSPS) is 9.68. The van der Waals surface area contributed by atoms with E-state index in [1.807, 2.05) is 43.3 Å². The number of nitrogens with zero attached hydrogens (tertiary/aromatic N) is 1. The lowest BCUT2D eigenvalue weighted by molar-refractivity contribution is 0.577. The Morgan fingerprint density at radius 2 is 1.47 bits per heavy atom. The van der Waals surface area contributed by atoms with Crippen molar-refractivity contribution in [2.75, 3.05) is 19.0 Å². The summed E-state index contributed by atoms with van der Waals surface area (Å²) in [4.78, 5) is 1.90. The summed E-state index contributed by atoms with van der Waals surface area (Å²) in [6.07, 6.45) is 0. The highest BCUT2D eigenvalue weighted by atomic mass is 19.1. The molecule has 0 aliphatic rings. The molecule has 0 bridgehead atoms. The van der Waals surface area contributed by atoms with Crippen LogP contribution in [0.25, 0.3) is 0 Å². The third-order valence-electron chi connectivity index (χ3n) is 2.67. The predicted octanol–water partition coefficient (Wildman–Crippen LogP) is 3.43. The summed E-state index contributed by atoms with van der Waals surface area (Å²) in [5.41, 5.74) is 1.44. The van der Waals surface area contributed by atoms with Gasteiger partial charge in [-0.2, -0.15) is 0 Å². The first kappa shape index (κ1) is 13.1. The Kier molecular flexibility index (Phi) is 3.82. The zero-order valence-corrected chi connectivity index (χ0v) is 10.7. The van der Waals surface area contributed by atoms with Crippen LogP contribution in [0.1, 0.15) is 11.1 Å². The van der Waals surface area contributed by atoms with E-state index in [0.717, 1.165) is 11.3 Å². The topological polar surface area (TPSA) is 3.24 Å². The number of benzene rings is 2. The second-order valence-corrected chi connectivity index (χ2v) is 4.26. The van der Waals surface area contributed by atoms with Gasteiger partial charge in [0, 0.05) is 19.7 Å². The van der Waals surface area contributed by atoms with Crippen LogP contribution in [0, 0.1) is 23.5 Å². The van der Waals surface area contributed by atoms with Crippen molar-refractivity contribution in [3.8, 4) is 11.8 Å². The molecule has 19 heavy (non-hydrogen) atoms. The number of anilines is 1. The summed E-state index contributed by atoms with van der Waals surface area (Å²) in [6.45, 7) is 0. The van der Waals surface area contributed by atoms with Crippen LogP contribution in [-0.2, 0) is 0 Å². The fourth-order valence-electron chi connectivity index (χ4n) is 1.72. The molecule has 0 saturated heterocycles. The highest BCUT2D eigenvalue weighted by Crippen LogP contribution is 2.17. The maximum absolute atomic E-state index is 13.5. The standard InChI is InChI=1S/C16H13F2N/c1-19(2)16-9-4-3-6-12(16)10-11-13-14(17)7-5-8-15(13)18/h3-9H,1-2H3. The number of halogens is 2. The van der Waals surface area contributed by atoms with Crippen molar-refractivity contribution in [3.63, 3.8) is 0 Å². The highest BCUT2D eigenvalue weighted by Gasteiger charge is 2.05. The zero-order chi connectivity index (χ0) is 13.8. The van der Waals surface area contributed by atoms with E-state index >= 15 is 0 Å². The van der Waals surface area contributed by atoms with Gasteiger partial charge < -0.3 is 4.90 Å². The fraction of sp³-hybridized carbons (Fsp3) is 0.125. The molecular weight excluding hydrogens is 244 g/mol. The third-order valence-corrected chi connectivity index (χ3v) is 2.67. The summed E-state index contributed by atoms with van der Waals surface area (Å²) >= 11 is 0. The van der Waals surface area contributed by atoms with Gasteiger partial charge in [-0.25, -0.2) is 8.78 Å². The van der Waals surface area contributed by atoms with Crippen molar-refractivity contribution in [3.05, 3.63) is 65.2 Å². The quantitative estimate of drug-likeness (QED) is 0.707. The molecule has 0 radical (unpaired) electrons. The van der Waals surface area contributed by atoms with E-state index in [0.29, 0.717) is 0 Å². The number of rotatable bonds is 1. The first-order chi connectivity index (χ1) is 9.09. The first-order valence-corrected chi connectivity index (χ1v) is 5.82. The van der Waals surface area contributed by atoms with Crippen molar-refractivity contribution in [1.82, 2.24) is 0 Å². The highest BCUT2D eigenvalue weighted by molar-refractivity contribution is 5.61. The number of para-hydroxylation sites is 1. The SMILES string of the molecule is CN(C)c1ccccc1C#Cc1c(F)cccc1F. The maximum atomic E-state index is 13.5. The van der Waals surface area contributed by atoms with Crippen LogP contribution in [0.5, 0.6) is 0 Å². The monoisotopic (exact) mass is 257 g/mol. The minimum absolute atomic E-state index is 0.198. The molecule has 0 aliphatic heterocycles. The van der Waals surface area contributed by atoms with Crippen LogP contribution in [-0.4, -0.2) is 14.1 Å². The summed E-state index contributed by atoms with van der Waals surface area (Å²) < 4.78 is 26.9. The molecule has 0 unspecified atom stereocenters. The Morgan fingerprint density at radius 3 is 2.11 bits per heavy atom. The molecule has 96 valence electrons. The van der Waals surface area contributed by atoms with Crippen LogP contribution < -0.4 is 4.90 Å². The largest absolute Gasteiger partial charge is 0.377 e. The second kappa shape index (κ2) is 5.53. The van der Waals surface area contributed by atoms with Crippen LogP contribution >= 0.6 is 0 Å². The van der Waals surface area contributed by atoms with Crippen LogP contribution in [0.15, 0.2) is 42.5 Å². The molecule has 2 aromatic carbocycles. The molecular formula is C16H13F2N. The number of hydrogen-bond donors (Lipinski definition) is 0. The van der Waals surface area contributed by atoms with Crippen LogP contribution in [0.3, 0.4) is 0 Å². The van der Waals surface area contributed by atoms with E-state index in [2.05, 4.69) is 11.8 Å². The van der Waals surface area contributed by atoms with Gasteiger partial charge in [-0.05, 0) is 24.3 Å². The summed E-state index contributed by atoms with van der Waals surface area (Å²) in [5, 5.41) is 0. The minimum atomic E-state index is -0.644. The van der Waals surface area contributed by atoms with E-state index in [1.54, 1.807) is 0 Å². The van der Waals surface area contributed by atoms with Crippen molar-refractivity contribution >= 4 is 5.69 Å². The predicted molar refractivity (Wildman–Crippen MR) is 73.1 cm³/mol. The van der Waals surface area contributed by atoms with Gasteiger partial charge in [-0.1, -0.05) is 30.0 Å². The zero-order valence-electron chi connectivity index (χ0n) is 10.7. The first-order valence-electron chi connectivity index (χ1n) is 5.82. The Labute approximate surface area is 111 Å². The summed E-state index contributed by atoms with van der Waals surface area (Å²) in [6, 6.07) is 11.2. The van der Waals surface area contributed by atoms with Gasteiger partial charge in [0.2, 0.25) is 0 Å². The molecule has 0 aliphatic carbocycles. The van der Waals surface area contributed by atoms with Gasteiger partial charge >= 0.3 is 0 Å². The molecule has 0 saturated carbocycles. The van der Waals surface area contributed by atoms with Crippen molar-refractivity contribution in [1.29, 1.82) is 0 Å². The van der Waals surface area contributed by atoms with Gasteiger partial charge in [-0.15, -0.1) is 0 Å². The molecule has 1 nitrogen and oxygen atoms in total. The Morgan fingerprint density at radius 1 is 0.842 bits per heavy atom. The van der Waals surface area contributed by atoms with Crippen molar-refractivity contribution in [2.45, 2.75) is 0 Å². The van der Waals surface area contributed by atoms with Gasteiger partial charge in [-0.3, -0.25) is 0 Å². The Hall–Kier alpha value is -2.34. The average molecular weight is 257 g/mol. The molecule has 3 heteroatoms. The van der Waals surface area contributed by atoms with E-state index in [1.165, 1.54) is 18.2 Å². The van der Waals surface area contributed by atoms with Crippen LogP contribution in [0.2, 0.25) is 0 Å². The van der Waals surface area contributed by atoms with Crippen molar-refractivity contribution < 1.29 is 8.78 Å². The molecule has 0 heterocycles. The lowest BCUT2D eigenvalue weighted by Crippen LogP contribution is -2.10. The molecule has 0 fully saturated rings. The van der Waals surface area contributed by atoms with Crippen molar-refractivity contribution in [2.24, 2.45) is 0 Å². The minimum Gasteiger partial charge on any atom is -0.377 e. The molecule has 0 amide bonds. The lowest BCUT2D eigenvalue weighted by Gasteiger charge is -2.13. The molecule has 2 rings (SSSR count). The summed E-state index contributed by atoms with van der Waals surface area (Å²) in [5.74, 6) is 4.10. The molecule has 0 spiro atoms. The second-order valence-electron chi connectivity index (χ2n) is 4.26. The Bertz CT molecular complexity index is 631. The van der Waals surface area contributed by atoms with Gasteiger partial charge in [0.15, 0.2) is 0 Å². The average Bonchev–Trinajstić information content (AvgIpc) is 2.38. The number of hydrogen-bond acceptors (Lipinski definition) is 1. The third kappa shape index (κ3) is 2.92.